The zero-order valence-corrected chi connectivity index (χ0v) is 18.2. The van der Waals surface area contributed by atoms with Crippen molar-refractivity contribution >= 4 is 15.9 Å². The molecule has 0 aromatic heterocycles. The Labute approximate surface area is 174 Å². The highest BCUT2D eigenvalue weighted by molar-refractivity contribution is 7.88. The molecular weight excluding hydrogens is 392 g/mol. The van der Waals surface area contributed by atoms with Crippen LogP contribution in [0, 0.1) is 0 Å². The van der Waals surface area contributed by atoms with E-state index in [4.69, 9.17) is 9.47 Å². The molecule has 1 amide bonds. The molecule has 0 N–H and O–H groups in total. The van der Waals surface area contributed by atoms with Crippen LogP contribution < -0.4 is 4.74 Å². The SMILES string of the molecule is COc1cccc(CCC(=O)N2CCC(OC3CCN(S(C)(=O)=O)CC3)CC2)c1. The van der Waals surface area contributed by atoms with Crippen molar-refractivity contribution < 1.29 is 22.7 Å². The van der Waals surface area contributed by atoms with E-state index in [2.05, 4.69) is 0 Å². The van der Waals surface area contributed by atoms with E-state index in [-0.39, 0.29) is 18.1 Å². The predicted molar refractivity (Wildman–Crippen MR) is 111 cm³/mol. The fourth-order valence-electron chi connectivity index (χ4n) is 4.05. The molecule has 8 heteroatoms. The van der Waals surface area contributed by atoms with Gasteiger partial charge in [0.25, 0.3) is 0 Å². The number of amides is 1. The van der Waals surface area contributed by atoms with E-state index < -0.39 is 10.0 Å². The summed E-state index contributed by atoms with van der Waals surface area (Å²) in [5, 5.41) is 0. The number of methoxy groups -OCH3 is 1. The van der Waals surface area contributed by atoms with E-state index >= 15 is 0 Å². The number of hydrogen-bond acceptors (Lipinski definition) is 5. The Kier molecular flexibility index (Phi) is 7.54. The lowest BCUT2D eigenvalue weighted by Gasteiger charge is -2.36. The van der Waals surface area contributed by atoms with Gasteiger partial charge in [0, 0.05) is 32.6 Å². The molecule has 1 aromatic rings. The minimum absolute atomic E-state index is 0.119. The fourth-order valence-corrected chi connectivity index (χ4v) is 4.92. The van der Waals surface area contributed by atoms with Crippen LogP contribution in [0.5, 0.6) is 5.75 Å². The van der Waals surface area contributed by atoms with Crippen molar-refractivity contribution in [2.45, 2.75) is 50.7 Å². The molecule has 0 saturated carbocycles. The minimum atomic E-state index is -3.10. The highest BCUT2D eigenvalue weighted by Gasteiger charge is 2.29. The fraction of sp³-hybridized carbons (Fsp3) is 0.667. The van der Waals surface area contributed by atoms with Gasteiger partial charge in [0.15, 0.2) is 0 Å². The second-order valence-electron chi connectivity index (χ2n) is 7.93. The van der Waals surface area contributed by atoms with Crippen molar-refractivity contribution in [2.24, 2.45) is 0 Å². The lowest BCUT2D eigenvalue weighted by molar-refractivity contribution is -0.135. The molecule has 29 heavy (non-hydrogen) atoms. The second-order valence-corrected chi connectivity index (χ2v) is 9.91. The first-order chi connectivity index (χ1) is 13.8. The molecule has 0 aliphatic carbocycles. The molecule has 7 nitrogen and oxygen atoms in total. The summed E-state index contributed by atoms with van der Waals surface area (Å²) in [7, 11) is -1.46. The van der Waals surface area contributed by atoms with Gasteiger partial charge in [-0.2, -0.15) is 0 Å². The summed E-state index contributed by atoms with van der Waals surface area (Å²) < 4.78 is 36.2. The average molecular weight is 425 g/mol. The van der Waals surface area contributed by atoms with Crippen LogP contribution in [0.2, 0.25) is 0 Å². The van der Waals surface area contributed by atoms with Crippen molar-refractivity contribution in [3.05, 3.63) is 29.8 Å². The molecule has 162 valence electrons. The number of carbonyl (C=O) groups excluding carboxylic acids is 1. The molecule has 3 rings (SSSR count). The second kappa shape index (κ2) is 9.91. The molecule has 2 saturated heterocycles. The number of nitrogens with zero attached hydrogens (tertiary/aromatic N) is 2. The van der Waals surface area contributed by atoms with Crippen LogP contribution in [0.15, 0.2) is 24.3 Å². The van der Waals surface area contributed by atoms with Gasteiger partial charge in [0.2, 0.25) is 15.9 Å². The van der Waals surface area contributed by atoms with Crippen LogP contribution in [-0.4, -0.2) is 75.3 Å². The third-order valence-electron chi connectivity index (χ3n) is 5.81. The maximum Gasteiger partial charge on any atom is 0.222 e. The van der Waals surface area contributed by atoms with Gasteiger partial charge in [-0.1, -0.05) is 12.1 Å². The van der Waals surface area contributed by atoms with Crippen LogP contribution in [-0.2, 0) is 26.0 Å². The van der Waals surface area contributed by atoms with Gasteiger partial charge in [0.05, 0.1) is 25.6 Å². The van der Waals surface area contributed by atoms with E-state index in [1.165, 1.54) is 10.6 Å². The highest BCUT2D eigenvalue weighted by Crippen LogP contribution is 2.22. The third-order valence-corrected chi connectivity index (χ3v) is 7.11. The van der Waals surface area contributed by atoms with Gasteiger partial charge < -0.3 is 14.4 Å². The molecule has 2 aliphatic rings. The van der Waals surface area contributed by atoms with Crippen LogP contribution in [0.4, 0.5) is 0 Å². The Morgan fingerprint density at radius 1 is 1.07 bits per heavy atom. The summed E-state index contributed by atoms with van der Waals surface area (Å²) in [5.74, 6) is 1.00. The van der Waals surface area contributed by atoms with Gasteiger partial charge in [-0.3, -0.25) is 4.79 Å². The van der Waals surface area contributed by atoms with Crippen LogP contribution >= 0.6 is 0 Å². The number of carbonyl (C=O) groups is 1. The van der Waals surface area contributed by atoms with Gasteiger partial charge in [0.1, 0.15) is 5.75 Å². The molecule has 0 spiro atoms. The topological polar surface area (TPSA) is 76.2 Å². The number of aryl methyl sites for hydroxylation is 1. The standard InChI is InChI=1S/C21H32N2O5S/c1-27-20-5-3-4-17(16-20)6-7-21(24)22-12-8-18(9-13-22)28-19-10-14-23(15-11-19)29(2,25)26/h3-5,16,18-19H,6-15H2,1-2H3. The molecule has 0 unspecified atom stereocenters. The quantitative estimate of drug-likeness (QED) is 0.670. The summed E-state index contributed by atoms with van der Waals surface area (Å²) in [5.41, 5.74) is 1.11. The zero-order chi connectivity index (χ0) is 20.9. The predicted octanol–water partition coefficient (Wildman–Crippen LogP) is 2.06. The normalized spacial score (nSPS) is 20.0. The van der Waals surface area contributed by atoms with Gasteiger partial charge in [-0.05, 0) is 49.8 Å². The largest absolute Gasteiger partial charge is 0.497 e. The number of rotatable bonds is 7. The van der Waals surface area contributed by atoms with Crippen molar-refractivity contribution in [2.75, 3.05) is 39.5 Å². The van der Waals surface area contributed by atoms with Crippen LogP contribution in [0.25, 0.3) is 0 Å². The molecule has 1 aromatic carbocycles. The molecule has 0 radical (unpaired) electrons. The van der Waals surface area contributed by atoms with Crippen LogP contribution in [0.1, 0.15) is 37.7 Å². The summed E-state index contributed by atoms with van der Waals surface area (Å²) >= 11 is 0. The zero-order valence-electron chi connectivity index (χ0n) is 17.4. The number of benzene rings is 1. The van der Waals surface area contributed by atoms with E-state index in [0.717, 1.165) is 50.1 Å². The molecule has 2 aliphatic heterocycles. The summed E-state index contributed by atoms with van der Waals surface area (Å²) in [6.45, 7) is 2.52. The Hall–Kier alpha value is -1.64. The van der Waals surface area contributed by atoms with Crippen molar-refractivity contribution in [3.63, 3.8) is 0 Å². The van der Waals surface area contributed by atoms with Gasteiger partial charge in [-0.15, -0.1) is 0 Å². The van der Waals surface area contributed by atoms with E-state index in [9.17, 15) is 13.2 Å². The molecule has 2 heterocycles. The molecule has 0 atom stereocenters. The first kappa shape index (κ1) is 22.1. The number of hydrogen-bond donors (Lipinski definition) is 0. The summed E-state index contributed by atoms with van der Waals surface area (Å²) in [6.07, 6.45) is 5.93. The highest BCUT2D eigenvalue weighted by atomic mass is 32.2. The summed E-state index contributed by atoms with van der Waals surface area (Å²) in [6, 6.07) is 7.84. The maximum absolute atomic E-state index is 12.5. The molecule has 0 bridgehead atoms. The van der Waals surface area contributed by atoms with Gasteiger partial charge in [-0.25, -0.2) is 12.7 Å². The van der Waals surface area contributed by atoms with Gasteiger partial charge >= 0.3 is 0 Å². The number of likely N-dealkylation sites (tertiary alicyclic amines) is 1. The van der Waals surface area contributed by atoms with Crippen molar-refractivity contribution in [1.29, 1.82) is 0 Å². The smallest absolute Gasteiger partial charge is 0.222 e. The van der Waals surface area contributed by atoms with E-state index in [1.807, 2.05) is 29.2 Å². The summed E-state index contributed by atoms with van der Waals surface area (Å²) in [4.78, 5) is 14.5. The van der Waals surface area contributed by atoms with Crippen LogP contribution in [0.3, 0.4) is 0 Å². The number of sulfonamides is 1. The van der Waals surface area contributed by atoms with Crippen molar-refractivity contribution in [3.8, 4) is 5.75 Å². The minimum Gasteiger partial charge on any atom is -0.497 e. The number of ether oxygens (including phenoxy) is 2. The van der Waals surface area contributed by atoms with E-state index in [0.29, 0.717) is 25.9 Å². The lowest BCUT2D eigenvalue weighted by atomic mass is 10.0. The monoisotopic (exact) mass is 424 g/mol. The first-order valence-electron chi connectivity index (χ1n) is 10.4. The molecule has 2 fully saturated rings. The van der Waals surface area contributed by atoms with Crippen molar-refractivity contribution in [1.82, 2.24) is 9.21 Å². The Morgan fingerprint density at radius 3 is 2.28 bits per heavy atom. The van der Waals surface area contributed by atoms with E-state index in [1.54, 1.807) is 7.11 Å². The Bertz CT molecular complexity index is 782. The Morgan fingerprint density at radius 2 is 1.69 bits per heavy atom. The lowest BCUT2D eigenvalue weighted by Crippen LogP contribution is -2.44. The Balaban J connectivity index is 1.37. The first-order valence-corrected chi connectivity index (χ1v) is 12.2. The molecular formula is C21H32N2O5S. The maximum atomic E-state index is 12.5. The number of piperidine rings is 2. The third kappa shape index (κ3) is 6.42. The average Bonchev–Trinajstić information content (AvgIpc) is 2.72.